The van der Waals surface area contributed by atoms with Crippen LogP contribution in [0.15, 0.2) is 47.5 Å². The number of nitrogens with zero attached hydrogens (tertiary/aromatic N) is 1. The second-order valence-corrected chi connectivity index (χ2v) is 4.05. The number of aliphatic imine (C=N–C) groups is 1. The first kappa shape index (κ1) is 13.9. The van der Waals surface area contributed by atoms with Crippen molar-refractivity contribution in [3.8, 4) is 11.5 Å². The number of benzene rings is 2. The van der Waals surface area contributed by atoms with E-state index in [0.717, 1.165) is 12.1 Å². The first-order chi connectivity index (χ1) is 9.36. The molecule has 0 unspecified atom stereocenters. The van der Waals surface area contributed by atoms with Crippen molar-refractivity contribution in [3.63, 3.8) is 0 Å². The third-order valence-electron chi connectivity index (χ3n) is 2.54. The maximum Gasteiger partial charge on any atom is 0.416 e. The van der Waals surface area contributed by atoms with Gasteiger partial charge in [0.2, 0.25) is 0 Å². The Morgan fingerprint density at radius 2 is 1.75 bits per heavy atom. The van der Waals surface area contributed by atoms with E-state index >= 15 is 0 Å². The van der Waals surface area contributed by atoms with Crippen LogP contribution in [0.25, 0.3) is 0 Å². The van der Waals surface area contributed by atoms with E-state index in [1.165, 1.54) is 36.5 Å². The first-order valence-electron chi connectivity index (χ1n) is 5.59. The minimum Gasteiger partial charge on any atom is -0.508 e. The fraction of sp³-hybridized carbons (Fsp3) is 0.0714. The molecule has 0 spiro atoms. The van der Waals surface area contributed by atoms with Gasteiger partial charge in [0, 0.05) is 11.8 Å². The smallest absolute Gasteiger partial charge is 0.416 e. The van der Waals surface area contributed by atoms with E-state index in [1.54, 1.807) is 0 Å². The highest BCUT2D eigenvalue weighted by Crippen LogP contribution is 2.31. The van der Waals surface area contributed by atoms with Gasteiger partial charge in [-0.15, -0.1) is 0 Å². The van der Waals surface area contributed by atoms with E-state index in [1.807, 2.05) is 0 Å². The summed E-state index contributed by atoms with van der Waals surface area (Å²) in [6.45, 7) is 0. The van der Waals surface area contributed by atoms with Gasteiger partial charge in [0.25, 0.3) is 0 Å². The fourth-order valence-electron chi connectivity index (χ4n) is 1.55. The van der Waals surface area contributed by atoms with E-state index in [9.17, 15) is 23.4 Å². The second kappa shape index (κ2) is 5.24. The Balaban J connectivity index is 2.30. The maximum atomic E-state index is 12.5. The summed E-state index contributed by atoms with van der Waals surface area (Å²) in [7, 11) is 0. The summed E-state index contributed by atoms with van der Waals surface area (Å²) in [6.07, 6.45) is -3.25. The van der Waals surface area contributed by atoms with Crippen molar-refractivity contribution in [1.82, 2.24) is 0 Å². The molecule has 104 valence electrons. The molecule has 0 aliphatic carbocycles. The summed E-state index contributed by atoms with van der Waals surface area (Å²) in [5.41, 5.74) is -0.489. The van der Waals surface area contributed by atoms with Gasteiger partial charge in [-0.2, -0.15) is 13.2 Å². The van der Waals surface area contributed by atoms with Gasteiger partial charge in [0.1, 0.15) is 11.5 Å². The highest BCUT2D eigenvalue weighted by Gasteiger charge is 2.30. The summed E-state index contributed by atoms with van der Waals surface area (Å²) < 4.78 is 37.6. The van der Waals surface area contributed by atoms with Crippen LogP contribution >= 0.6 is 0 Å². The molecule has 0 radical (unpaired) electrons. The number of alkyl halides is 3. The summed E-state index contributed by atoms with van der Waals surface area (Å²) >= 11 is 0. The fourth-order valence-corrected chi connectivity index (χ4v) is 1.55. The zero-order valence-corrected chi connectivity index (χ0v) is 10.1. The minimum atomic E-state index is -4.43. The summed E-state index contributed by atoms with van der Waals surface area (Å²) in [5, 5.41) is 18.8. The number of phenolic OH excluding ortho intramolecular Hbond substituents is 2. The number of hydrogen-bond acceptors (Lipinski definition) is 3. The largest absolute Gasteiger partial charge is 0.508 e. The quantitative estimate of drug-likeness (QED) is 0.648. The molecule has 20 heavy (non-hydrogen) atoms. The Morgan fingerprint density at radius 1 is 1.00 bits per heavy atom. The molecule has 2 aromatic rings. The van der Waals surface area contributed by atoms with Crippen molar-refractivity contribution in [2.75, 3.05) is 0 Å². The van der Waals surface area contributed by atoms with Crippen LogP contribution in [-0.4, -0.2) is 16.4 Å². The zero-order chi connectivity index (χ0) is 14.8. The van der Waals surface area contributed by atoms with E-state index < -0.39 is 11.7 Å². The molecule has 0 aromatic heterocycles. The Morgan fingerprint density at radius 3 is 2.45 bits per heavy atom. The number of rotatable bonds is 2. The lowest BCUT2D eigenvalue weighted by Crippen LogP contribution is -2.03. The van der Waals surface area contributed by atoms with Crippen LogP contribution < -0.4 is 0 Å². The molecule has 0 bridgehead atoms. The lowest BCUT2D eigenvalue weighted by atomic mass is 10.2. The minimum absolute atomic E-state index is 0.0757. The molecule has 0 amide bonds. The Bertz CT molecular complexity index is 651. The molecule has 0 fully saturated rings. The van der Waals surface area contributed by atoms with Crippen LogP contribution in [-0.2, 0) is 6.18 Å². The van der Waals surface area contributed by atoms with Crippen LogP contribution in [0.3, 0.4) is 0 Å². The summed E-state index contributed by atoms with van der Waals surface area (Å²) in [6, 6.07) is 8.32. The van der Waals surface area contributed by atoms with Crippen LogP contribution in [0.4, 0.5) is 18.9 Å². The van der Waals surface area contributed by atoms with Crippen molar-refractivity contribution in [2.45, 2.75) is 6.18 Å². The van der Waals surface area contributed by atoms with Crippen LogP contribution in [0.2, 0.25) is 0 Å². The average Bonchev–Trinajstić information content (AvgIpc) is 2.39. The van der Waals surface area contributed by atoms with Crippen LogP contribution in [0.5, 0.6) is 11.5 Å². The Kier molecular flexibility index (Phi) is 3.65. The Labute approximate surface area is 112 Å². The summed E-state index contributed by atoms with van der Waals surface area (Å²) in [4.78, 5) is 3.86. The van der Waals surface area contributed by atoms with Gasteiger partial charge in [-0.1, -0.05) is 6.07 Å². The van der Waals surface area contributed by atoms with Gasteiger partial charge < -0.3 is 10.2 Å². The molecule has 2 aromatic carbocycles. The topological polar surface area (TPSA) is 52.8 Å². The molecule has 0 aliphatic rings. The normalized spacial score (nSPS) is 11.9. The number of aromatic hydroxyl groups is 2. The lowest BCUT2D eigenvalue weighted by molar-refractivity contribution is -0.137. The van der Waals surface area contributed by atoms with Crippen molar-refractivity contribution in [1.29, 1.82) is 0 Å². The molecule has 0 saturated heterocycles. The number of phenols is 2. The molecule has 0 aliphatic heterocycles. The maximum absolute atomic E-state index is 12.5. The highest BCUT2D eigenvalue weighted by molar-refractivity contribution is 5.85. The van der Waals surface area contributed by atoms with Crippen molar-refractivity contribution in [2.24, 2.45) is 4.99 Å². The van der Waals surface area contributed by atoms with E-state index in [0.29, 0.717) is 0 Å². The summed E-state index contributed by atoms with van der Waals surface area (Å²) in [5.74, 6) is -0.202. The molecular formula is C14H10F3NO2. The number of hydrogen-bond donors (Lipinski definition) is 2. The molecule has 0 atom stereocenters. The van der Waals surface area contributed by atoms with Crippen molar-refractivity contribution >= 4 is 11.9 Å². The van der Waals surface area contributed by atoms with E-state index in [4.69, 9.17) is 0 Å². The zero-order valence-electron chi connectivity index (χ0n) is 10.1. The molecule has 2 N–H and O–H groups in total. The molecular weight excluding hydrogens is 271 g/mol. The molecule has 2 rings (SSSR count). The predicted molar refractivity (Wildman–Crippen MR) is 68.5 cm³/mol. The van der Waals surface area contributed by atoms with Crippen LogP contribution in [0, 0.1) is 0 Å². The van der Waals surface area contributed by atoms with E-state index in [-0.39, 0.29) is 22.7 Å². The third kappa shape index (κ3) is 3.28. The van der Waals surface area contributed by atoms with Crippen LogP contribution in [0.1, 0.15) is 11.1 Å². The first-order valence-corrected chi connectivity index (χ1v) is 5.59. The Hall–Kier alpha value is -2.50. The van der Waals surface area contributed by atoms with Gasteiger partial charge in [-0.3, -0.25) is 4.99 Å². The predicted octanol–water partition coefficient (Wildman–Crippen LogP) is 3.87. The average molecular weight is 281 g/mol. The highest BCUT2D eigenvalue weighted by atomic mass is 19.4. The molecule has 0 heterocycles. The monoisotopic (exact) mass is 281 g/mol. The molecule has 3 nitrogen and oxygen atoms in total. The van der Waals surface area contributed by atoms with Gasteiger partial charge in [0.15, 0.2) is 0 Å². The standard InChI is InChI=1S/C14H10F3NO2/c15-14(16,17)10-2-1-3-11(7-10)18-8-9-6-12(19)4-5-13(9)20/h1-8,19-20H. The number of halogens is 3. The SMILES string of the molecule is Oc1ccc(O)c(C=Nc2cccc(C(F)(F)F)c2)c1. The van der Waals surface area contributed by atoms with Crippen molar-refractivity contribution in [3.05, 3.63) is 53.6 Å². The van der Waals surface area contributed by atoms with E-state index in [2.05, 4.69) is 4.99 Å². The lowest BCUT2D eigenvalue weighted by Gasteiger charge is -2.06. The van der Waals surface area contributed by atoms with Gasteiger partial charge >= 0.3 is 6.18 Å². The van der Waals surface area contributed by atoms with Gasteiger partial charge in [-0.25, -0.2) is 0 Å². The molecule has 0 saturated carbocycles. The third-order valence-corrected chi connectivity index (χ3v) is 2.54. The van der Waals surface area contributed by atoms with Gasteiger partial charge in [-0.05, 0) is 36.4 Å². The molecule has 6 heteroatoms. The van der Waals surface area contributed by atoms with Crippen molar-refractivity contribution < 1.29 is 23.4 Å². The van der Waals surface area contributed by atoms with Gasteiger partial charge in [0.05, 0.1) is 11.3 Å². The second-order valence-electron chi connectivity index (χ2n) is 4.05.